The lowest BCUT2D eigenvalue weighted by Gasteiger charge is -1.92. The summed E-state index contributed by atoms with van der Waals surface area (Å²) in [6.45, 7) is 0. The van der Waals surface area contributed by atoms with Crippen molar-refractivity contribution >= 4 is 17.2 Å². The van der Waals surface area contributed by atoms with E-state index in [2.05, 4.69) is 10.2 Å². The largest absolute Gasteiger partial charge is 0.761 e. The van der Waals surface area contributed by atoms with Crippen LogP contribution in [0.4, 0.5) is 11.4 Å². The van der Waals surface area contributed by atoms with Crippen LogP contribution >= 0.6 is 0 Å². The van der Waals surface area contributed by atoms with Crippen LogP contribution in [0.5, 0.6) is 0 Å². The lowest BCUT2D eigenvalue weighted by Crippen LogP contribution is -1.85. The first kappa shape index (κ1) is 11.2. The summed E-state index contributed by atoms with van der Waals surface area (Å²) in [6, 6.07) is 6.79. The topological polar surface area (TPSA) is 114 Å². The standard InChI is InChI=1S/C9H4N5O2/c10-5-8(6-11)13-12-7-1-3-9(4-2-7)14(15)16/h1-4H/q-1. The van der Waals surface area contributed by atoms with E-state index in [1.807, 2.05) is 0 Å². The van der Waals surface area contributed by atoms with Crippen molar-refractivity contribution in [1.29, 1.82) is 5.26 Å². The van der Waals surface area contributed by atoms with Crippen molar-refractivity contribution in [2.45, 2.75) is 0 Å². The Hall–Kier alpha value is -2.84. The number of benzene rings is 1. The molecule has 0 aliphatic heterocycles. The van der Waals surface area contributed by atoms with Crippen LogP contribution < -0.4 is 0 Å². The zero-order valence-electron chi connectivity index (χ0n) is 7.86. The molecular formula is C9H4N5O2-. The second kappa shape index (κ2) is 5.14. The minimum absolute atomic E-state index is 0.0660. The zero-order valence-corrected chi connectivity index (χ0v) is 7.86. The van der Waals surface area contributed by atoms with Crippen molar-refractivity contribution in [3.63, 3.8) is 0 Å². The van der Waals surface area contributed by atoms with Gasteiger partial charge in [-0.15, -0.1) is 10.2 Å². The predicted octanol–water partition coefficient (Wildman–Crippen LogP) is 2.33. The van der Waals surface area contributed by atoms with Crippen LogP contribution in [0.3, 0.4) is 0 Å². The van der Waals surface area contributed by atoms with Crippen molar-refractivity contribution in [3.8, 4) is 6.07 Å². The van der Waals surface area contributed by atoms with E-state index in [0.29, 0.717) is 5.69 Å². The Balaban J connectivity index is 2.89. The molecule has 1 rings (SSSR count). The highest BCUT2D eigenvalue weighted by Crippen LogP contribution is 2.18. The average molecular weight is 214 g/mol. The van der Waals surface area contributed by atoms with Gasteiger partial charge in [-0.25, -0.2) is 5.87 Å². The second-order valence-corrected chi connectivity index (χ2v) is 2.55. The number of rotatable bonds is 3. The Labute approximate surface area is 90.0 Å². The monoisotopic (exact) mass is 214 g/mol. The predicted molar refractivity (Wildman–Crippen MR) is 55.1 cm³/mol. The fraction of sp³-hybridized carbons (Fsp3) is 0. The number of nitriles is 1. The smallest absolute Gasteiger partial charge is 0.269 e. The minimum atomic E-state index is -0.539. The molecule has 0 atom stereocenters. The molecule has 0 aromatic heterocycles. The van der Waals surface area contributed by atoms with Crippen LogP contribution in [0.1, 0.15) is 0 Å². The van der Waals surface area contributed by atoms with Gasteiger partial charge < -0.3 is 5.41 Å². The fourth-order valence-electron chi connectivity index (χ4n) is 0.818. The van der Waals surface area contributed by atoms with Crippen LogP contribution in [-0.2, 0) is 0 Å². The van der Waals surface area contributed by atoms with Crippen molar-refractivity contribution in [3.05, 3.63) is 45.5 Å². The second-order valence-electron chi connectivity index (χ2n) is 2.55. The molecule has 0 aliphatic carbocycles. The summed E-state index contributed by atoms with van der Waals surface area (Å²) in [7, 11) is 0. The molecule has 1 aromatic carbocycles. The molecule has 0 bridgehead atoms. The van der Waals surface area contributed by atoms with E-state index in [-0.39, 0.29) is 11.4 Å². The van der Waals surface area contributed by atoms with Gasteiger partial charge in [-0.3, -0.25) is 10.1 Å². The molecule has 0 unspecified atom stereocenters. The molecular weight excluding hydrogens is 210 g/mol. The SMILES string of the molecule is N#CC(=C=[N-])N=Nc1ccc([N+](=O)[O-])cc1. The Bertz CT molecular complexity index is 520. The summed E-state index contributed by atoms with van der Waals surface area (Å²) in [5.41, 5.74) is -0.115. The number of azo groups is 1. The van der Waals surface area contributed by atoms with Gasteiger partial charge in [0, 0.05) is 12.1 Å². The average Bonchev–Trinajstić information content (AvgIpc) is 2.31. The molecule has 0 N–H and O–H groups in total. The van der Waals surface area contributed by atoms with Gasteiger partial charge in [-0.05, 0) is 12.1 Å². The van der Waals surface area contributed by atoms with E-state index < -0.39 is 4.92 Å². The third-order valence-corrected chi connectivity index (χ3v) is 1.54. The molecule has 0 radical (unpaired) electrons. The first-order chi connectivity index (χ1) is 7.67. The lowest BCUT2D eigenvalue weighted by molar-refractivity contribution is -0.384. The maximum absolute atomic E-state index is 10.3. The van der Waals surface area contributed by atoms with Crippen LogP contribution in [-0.4, -0.2) is 10.8 Å². The fourth-order valence-corrected chi connectivity index (χ4v) is 0.818. The molecule has 78 valence electrons. The highest BCUT2D eigenvalue weighted by Gasteiger charge is 2.02. The summed E-state index contributed by atoms with van der Waals surface area (Å²) in [4.78, 5) is 9.79. The number of nitro groups is 1. The van der Waals surface area contributed by atoms with Crippen molar-refractivity contribution in [2.24, 2.45) is 10.2 Å². The Morgan fingerprint density at radius 1 is 1.44 bits per heavy atom. The highest BCUT2D eigenvalue weighted by molar-refractivity contribution is 5.65. The Morgan fingerprint density at radius 3 is 2.50 bits per heavy atom. The third kappa shape index (κ3) is 2.83. The number of hydrogen-bond donors (Lipinski definition) is 0. The summed E-state index contributed by atoms with van der Waals surface area (Å²) < 4.78 is 0. The zero-order chi connectivity index (χ0) is 12.0. The van der Waals surface area contributed by atoms with E-state index in [1.165, 1.54) is 36.2 Å². The maximum Gasteiger partial charge on any atom is 0.269 e. The molecule has 0 spiro atoms. The maximum atomic E-state index is 10.3. The van der Waals surface area contributed by atoms with Gasteiger partial charge >= 0.3 is 0 Å². The molecule has 0 amide bonds. The summed E-state index contributed by atoms with van der Waals surface area (Å²) in [5.74, 6) is 1.54. The van der Waals surface area contributed by atoms with Crippen molar-refractivity contribution in [1.82, 2.24) is 0 Å². The summed E-state index contributed by atoms with van der Waals surface area (Å²) >= 11 is 0. The van der Waals surface area contributed by atoms with Crippen LogP contribution in [0, 0.1) is 21.4 Å². The Morgan fingerprint density at radius 2 is 2.06 bits per heavy atom. The molecule has 7 nitrogen and oxygen atoms in total. The first-order valence-corrected chi connectivity index (χ1v) is 4.00. The van der Waals surface area contributed by atoms with E-state index in [4.69, 9.17) is 10.7 Å². The van der Waals surface area contributed by atoms with E-state index in [1.54, 1.807) is 0 Å². The van der Waals surface area contributed by atoms with Gasteiger partial charge in [-0.1, -0.05) is 0 Å². The molecule has 1 aromatic rings. The van der Waals surface area contributed by atoms with Gasteiger partial charge in [-0.2, -0.15) is 5.26 Å². The molecule has 0 saturated carbocycles. The van der Waals surface area contributed by atoms with Crippen molar-refractivity contribution < 1.29 is 4.92 Å². The summed E-state index contributed by atoms with van der Waals surface area (Å²) in [5, 5.41) is 34.0. The van der Waals surface area contributed by atoms with E-state index in [0.717, 1.165) is 0 Å². The van der Waals surface area contributed by atoms with Gasteiger partial charge in [0.05, 0.1) is 10.6 Å². The van der Waals surface area contributed by atoms with Crippen LogP contribution in [0.15, 0.2) is 40.2 Å². The van der Waals surface area contributed by atoms with E-state index >= 15 is 0 Å². The number of hydrogen-bond acceptors (Lipinski definition) is 5. The molecule has 0 saturated heterocycles. The Kier molecular flexibility index (Phi) is 3.61. The summed E-state index contributed by atoms with van der Waals surface area (Å²) in [6.07, 6.45) is 0. The number of nitrogens with zero attached hydrogens (tertiary/aromatic N) is 5. The van der Waals surface area contributed by atoms with Crippen LogP contribution in [0.2, 0.25) is 0 Å². The lowest BCUT2D eigenvalue weighted by atomic mass is 10.3. The number of nitro benzene ring substituents is 1. The normalized spacial score (nSPS) is 9.44. The van der Waals surface area contributed by atoms with Crippen LogP contribution in [0.25, 0.3) is 5.41 Å². The van der Waals surface area contributed by atoms with Gasteiger partial charge in [0.2, 0.25) is 0 Å². The minimum Gasteiger partial charge on any atom is -0.761 e. The molecule has 0 heterocycles. The number of allylic oxidation sites excluding steroid dienone is 1. The highest BCUT2D eigenvalue weighted by atomic mass is 16.6. The third-order valence-electron chi connectivity index (χ3n) is 1.54. The number of non-ortho nitro benzene ring substituents is 1. The molecule has 16 heavy (non-hydrogen) atoms. The van der Waals surface area contributed by atoms with Gasteiger partial charge in [0.1, 0.15) is 6.07 Å². The van der Waals surface area contributed by atoms with Gasteiger partial charge in [0.15, 0.2) is 5.70 Å². The molecule has 7 heteroatoms. The molecule has 0 aliphatic rings. The first-order valence-electron chi connectivity index (χ1n) is 4.00. The van der Waals surface area contributed by atoms with Gasteiger partial charge in [0.25, 0.3) is 5.69 Å². The quantitative estimate of drug-likeness (QED) is 0.253. The molecule has 0 fully saturated rings. The van der Waals surface area contributed by atoms with Crippen molar-refractivity contribution in [2.75, 3.05) is 0 Å². The van der Waals surface area contributed by atoms with E-state index in [9.17, 15) is 10.1 Å².